The Hall–Kier alpha value is -0.380. The number of rotatable bonds is 3. The lowest BCUT2D eigenvalue weighted by Gasteiger charge is -2.30. The van der Waals surface area contributed by atoms with Crippen LogP contribution >= 0.6 is 7.82 Å². The Morgan fingerprint density at radius 3 is 1.89 bits per heavy atom. The highest BCUT2D eigenvalue weighted by atomic mass is 31.2. The summed E-state index contributed by atoms with van der Waals surface area (Å²) in [6, 6.07) is 0. The van der Waals surface area contributed by atoms with E-state index in [1.165, 1.54) is 0 Å². The van der Waals surface area contributed by atoms with E-state index in [9.17, 15) is 40.2 Å². The number of phosphoric acid groups is 1. The van der Waals surface area contributed by atoms with Crippen molar-refractivity contribution in [2.45, 2.75) is 43.6 Å². The summed E-state index contributed by atoms with van der Waals surface area (Å²) in [4.78, 5) is 10.7. The van der Waals surface area contributed by atoms with Crippen molar-refractivity contribution in [3.05, 3.63) is 0 Å². The summed E-state index contributed by atoms with van der Waals surface area (Å²) in [5.41, 5.74) is 0. The average molecular weight is 319 g/mol. The van der Waals surface area contributed by atoms with Crippen molar-refractivity contribution >= 4 is 7.82 Å². The minimum Gasteiger partial charge on any atom is -0.756 e. The molecule has 1 rings (SSSR count). The van der Waals surface area contributed by atoms with Crippen molar-refractivity contribution in [1.82, 2.24) is 0 Å². The monoisotopic (exact) mass is 319 g/mol. The Balaban J connectivity index is 2.89. The predicted octanol–water partition coefficient (Wildman–Crippen LogP) is 2.48. The maximum Gasteiger partial charge on any atom is 0.459 e. The van der Waals surface area contributed by atoms with Crippen LogP contribution in [0.5, 0.6) is 0 Å². The van der Waals surface area contributed by atoms with Crippen molar-refractivity contribution in [2.24, 2.45) is 0 Å². The zero-order valence-electron chi connectivity index (χ0n) is 9.09. The van der Waals surface area contributed by atoms with Gasteiger partial charge in [-0.1, -0.05) is 0 Å². The number of hydrogen-bond donors (Lipinski definition) is 0. The molecular formula is C7H7F7O4P-. The molecule has 19 heavy (non-hydrogen) atoms. The summed E-state index contributed by atoms with van der Waals surface area (Å²) >= 11 is 0. The molecule has 0 N–H and O–H groups in total. The average Bonchev–Trinajstić information content (AvgIpc) is 2.36. The van der Waals surface area contributed by atoms with Crippen LogP contribution in [0.1, 0.15) is 13.3 Å². The normalized spacial score (nSPS) is 33.7. The van der Waals surface area contributed by atoms with Gasteiger partial charge in [0.05, 0.1) is 12.2 Å². The van der Waals surface area contributed by atoms with E-state index in [4.69, 9.17) is 0 Å². The zero-order valence-corrected chi connectivity index (χ0v) is 9.98. The lowest BCUT2D eigenvalue weighted by atomic mass is 10.0. The second-order valence-corrected chi connectivity index (χ2v) is 5.20. The van der Waals surface area contributed by atoms with Crippen LogP contribution in [0.4, 0.5) is 30.7 Å². The smallest absolute Gasteiger partial charge is 0.459 e. The van der Waals surface area contributed by atoms with Gasteiger partial charge >= 0.3 is 18.0 Å². The molecule has 1 aliphatic heterocycles. The van der Waals surface area contributed by atoms with Crippen LogP contribution in [-0.4, -0.2) is 30.2 Å². The molecule has 0 aromatic rings. The van der Waals surface area contributed by atoms with E-state index in [0.717, 1.165) is 6.92 Å². The fourth-order valence-corrected chi connectivity index (χ4v) is 2.51. The summed E-state index contributed by atoms with van der Waals surface area (Å²) in [7, 11) is -4.94. The number of alkyl halides is 7. The van der Waals surface area contributed by atoms with E-state index >= 15 is 0 Å². The first kappa shape index (κ1) is 16.7. The molecule has 0 radical (unpaired) electrons. The van der Waals surface area contributed by atoms with Gasteiger partial charge < -0.3 is 13.9 Å². The molecule has 0 saturated carbocycles. The lowest BCUT2D eigenvalue weighted by molar-refractivity contribution is -0.358. The van der Waals surface area contributed by atoms with Gasteiger partial charge in [-0.15, -0.1) is 0 Å². The van der Waals surface area contributed by atoms with E-state index in [2.05, 4.69) is 9.05 Å². The quantitative estimate of drug-likeness (QED) is 0.592. The molecule has 0 bridgehead atoms. The van der Waals surface area contributed by atoms with E-state index in [1.54, 1.807) is 0 Å². The van der Waals surface area contributed by atoms with Crippen LogP contribution in [-0.2, 0) is 13.6 Å². The van der Waals surface area contributed by atoms with E-state index in [-0.39, 0.29) is 0 Å². The Labute approximate surface area is 102 Å². The molecule has 12 heteroatoms. The Morgan fingerprint density at radius 2 is 1.58 bits per heavy atom. The van der Waals surface area contributed by atoms with Crippen molar-refractivity contribution in [3.63, 3.8) is 0 Å². The topological polar surface area (TPSA) is 58.6 Å². The molecule has 1 heterocycles. The third kappa shape index (κ3) is 3.21. The maximum atomic E-state index is 13.0. The number of phosphoric ester groups is 1. The van der Waals surface area contributed by atoms with Crippen LogP contribution in [0.15, 0.2) is 0 Å². The van der Waals surface area contributed by atoms with Gasteiger partial charge in [-0.3, -0.25) is 4.57 Å². The van der Waals surface area contributed by atoms with E-state index < -0.39 is 44.5 Å². The standard InChI is InChI=1S/C7H8F7O4P/c1-3-4(18-19(15,16)17-3)2-5(8,9)6(10,11)7(12,13)14/h3-4H,2H2,1H3,(H,15,16)/p-1. The lowest BCUT2D eigenvalue weighted by Crippen LogP contribution is -2.53. The van der Waals surface area contributed by atoms with Crippen molar-refractivity contribution in [1.29, 1.82) is 0 Å². The summed E-state index contributed by atoms with van der Waals surface area (Å²) < 4.78 is 105. The summed E-state index contributed by atoms with van der Waals surface area (Å²) in [6.45, 7) is 0.893. The van der Waals surface area contributed by atoms with Crippen LogP contribution in [0.2, 0.25) is 0 Å². The van der Waals surface area contributed by atoms with Gasteiger partial charge in [0, 0.05) is 6.42 Å². The van der Waals surface area contributed by atoms with Gasteiger partial charge in [0.2, 0.25) is 0 Å². The molecule has 114 valence electrons. The predicted molar refractivity (Wildman–Crippen MR) is 43.6 cm³/mol. The third-order valence-corrected chi connectivity index (χ3v) is 3.48. The first-order chi connectivity index (χ1) is 8.20. The van der Waals surface area contributed by atoms with Gasteiger partial charge in [-0.2, -0.15) is 30.7 Å². The van der Waals surface area contributed by atoms with Crippen LogP contribution in [0, 0.1) is 0 Å². The van der Waals surface area contributed by atoms with E-state index in [0.29, 0.717) is 0 Å². The Morgan fingerprint density at radius 1 is 1.11 bits per heavy atom. The second kappa shape index (κ2) is 4.57. The zero-order chi connectivity index (χ0) is 15.3. The van der Waals surface area contributed by atoms with Crippen molar-refractivity contribution in [3.8, 4) is 0 Å². The molecule has 4 nitrogen and oxygen atoms in total. The molecule has 1 aliphatic rings. The second-order valence-electron chi connectivity index (χ2n) is 3.88. The Kier molecular flexibility index (Phi) is 4.01. The van der Waals surface area contributed by atoms with E-state index in [1.807, 2.05) is 0 Å². The highest BCUT2D eigenvalue weighted by molar-refractivity contribution is 7.46. The van der Waals surface area contributed by atoms with Crippen LogP contribution in [0.3, 0.4) is 0 Å². The molecular weight excluding hydrogens is 312 g/mol. The molecule has 0 aliphatic carbocycles. The minimum absolute atomic E-state index is 0.893. The molecule has 0 aromatic carbocycles. The van der Waals surface area contributed by atoms with Gasteiger partial charge in [-0.05, 0) is 6.92 Å². The van der Waals surface area contributed by atoms with Gasteiger partial charge in [0.25, 0.3) is 7.82 Å². The first-order valence-corrected chi connectivity index (χ1v) is 6.16. The highest BCUT2D eigenvalue weighted by Crippen LogP contribution is 2.54. The van der Waals surface area contributed by atoms with Crippen molar-refractivity contribution < 1.29 is 49.2 Å². The summed E-state index contributed by atoms with van der Waals surface area (Å²) in [5, 5.41) is 0. The molecule has 0 aromatic heterocycles. The number of halogens is 7. The van der Waals surface area contributed by atoms with Crippen molar-refractivity contribution in [2.75, 3.05) is 0 Å². The molecule has 3 atom stereocenters. The molecule has 1 saturated heterocycles. The maximum absolute atomic E-state index is 13.0. The van der Waals surface area contributed by atoms with Gasteiger partial charge in [0.1, 0.15) is 0 Å². The Bertz CT molecular complexity index is 395. The SMILES string of the molecule is CC1OP(=O)([O-])OC1CC(F)(F)C(F)(F)C(F)(F)F. The summed E-state index contributed by atoms with van der Waals surface area (Å²) in [6.07, 6.45) is -12.3. The largest absolute Gasteiger partial charge is 0.756 e. The highest BCUT2D eigenvalue weighted by Gasteiger charge is 2.73. The molecule has 0 spiro atoms. The van der Waals surface area contributed by atoms with Crippen LogP contribution < -0.4 is 4.89 Å². The van der Waals surface area contributed by atoms with Crippen LogP contribution in [0.25, 0.3) is 0 Å². The van der Waals surface area contributed by atoms with Gasteiger partial charge in [-0.25, -0.2) is 0 Å². The molecule has 1 fully saturated rings. The minimum atomic E-state index is -6.47. The van der Waals surface area contributed by atoms with Gasteiger partial charge in [0.15, 0.2) is 0 Å². The molecule has 0 amide bonds. The fourth-order valence-electron chi connectivity index (χ4n) is 1.34. The third-order valence-electron chi connectivity index (χ3n) is 2.36. The molecule has 3 unspecified atom stereocenters. The summed E-state index contributed by atoms with van der Waals surface area (Å²) in [5.74, 6) is -11.8. The first-order valence-electron chi connectivity index (χ1n) is 4.70. The number of hydrogen-bond acceptors (Lipinski definition) is 4. The fraction of sp³-hybridized carbons (Fsp3) is 1.00.